The highest BCUT2D eigenvalue weighted by atomic mass is 16.6. The minimum absolute atomic E-state index is 0.0291. The van der Waals surface area contributed by atoms with Crippen molar-refractivity contribution in [1.82, 2.24) is 0 Å². The summed E-state index contributed by atoms with van der Waals surface area (Å²) >= 11 is 0. The van der Waals surface area contributed by atoms with Crippen LogP contribution in [0.5, 0.6) is 0 Å². The molecule has 5 heteroatoms. The van der Waals surface area contributed by atoms with Crippen molar-refractivity contribution in [3.05, 3.63) is 23.8 Å². The van der Waals surface area contributed by atoms with Gasteiger partial charge in [-0.2, -0.15) is 0 Å². The maximum absolute atomic E-state index is 12.6. The lowest BCUT2D eigenvalue weighted by Crippen LogP contribution is -2.62. The van der Waals surface area contributed by atoms with Crippen LogP contribution in [0.4, 0.5) is 0 Å². The molecule has 4 aliphatic carbocycles. The molecular weight excluding hydrogens is 344 g/mol. The van der Waals surface area contributed by atoms with Crippen LogP contribution < -0.4 is 0 Å². The van der Waals surface area contributed by atoms with Gasteiger partial charge in [0.05, 0.1) is 6.10 Å². The molecule has 8 atom stereocenters. The molecule has 0 aromatic rings. The molecule has 146 valence electrons. The van der Waals surface area contributed by atoms with Gasteiger partial charge < -0.3 is 14.9 Å². The zero-order valence-electron chi connectivity index (χ0n) is 16.2. The summed E-state index contributed by atoms with van der Waals surface area (Å²) in [5.41, 5.74) is -1.55. The predicted molar refractivity (Wildman–Crippen MR) is 97.7 cm³/mol. The largest absolute Gasteiger partial charge is 0.388 e. The Balaban J connectivity index is 1.60. The molecule has 2 N–H and O–H groups in total. The number of fused-ring (bicyclic) bond motifs is 3. The van der Waals surface area contributed by atoms with Crippen molar-refractivity contribution in [3.63, 3.8) is 0 Å². The molecule has 1 aliphatic heterocycles. The highest BCUT2D eigenvalue weighted by Crippen LogP contribution is 2.76. The monoisotopic (exact) mass is 372 g/mol. The predicted octanol–water partition coefficient (Wildman–Crippen LogP) is 1.96. The van der Waals surface area contributed by atoms with Crippen LogP contribution in [0.2, 0.25) is 0 Å². The fraction of sp³-hybridized carbons (Fsp3) is 0.727. The Bertz CT molecular complexity index is 814. The summed E-state index contributed by atoms with van der Waals surface area (Å²) in [6.07, 6.45) is 8.58. The quantitative estimate of drug-likeness (QED) is 0.724. The molecule has 27 heavy (non-hydrogen) atoms. The Kier molecular flexibility index (Phi) is 3.29. The Morgan fingerprint density at radius 1 is 1.33 bits per heavy atom. The fourth-order valence-electron chi connectivity index (χ4n) is 7.70. The standard InChI is InChI=1S/C22H28O5/c1-12-8-16-15-5-4-13-9-14(24)6-7-19(13,2)22(15)18(27-22)10-20(16,3)21(12,26)17(25)11-23/h6-7,9,12,15-16,18,23,26H,4-5,8,10-11H2,1-3H3/t12-,15+,16+,18-,19-,20-,21-,22+/m0/s1. The van der Waals surface area contributed by atoms with Crippen molar-refractivity contribution in [2.45, 2.75) is 63.8 Å². The average Bonchev–Trinajstić information content (AvgIpc) is 3.31. The molecule has 1 spiro atoms. The van der Waals surface area contributed by atoms with E-state index in [2.05, 4.69) is 6.92 Å². The van der Waals surface area contributed by atoms with Gasteiger partial charge in [-0.1, -0.05) is 25.5 Å². The van der Waals surface area contributed by atoms with Gasteiger partial charge in [0.15, 0.2) is 11.6 Å². The number of hydrogen-bond acceptors (Lipinski definition) is 5. The molecule has 5 rings (SSSR count). The van der Waals surface area contributed by atoms with Crippen LogP contribution in [0.25, 0.3) is 0 Å². The van der Waals surface area contributed by atoms with Crippen molar-refractivity contribution >= 4 is 11.6 Å². The van der Waals surface area contributed by atoms with E-state index in [0.29, 0.717) is 6.42 Å². The lowest BCUT2D eigenvalue weighted by atomic mass is 9.46. The number of ketones is 2. The van der Waals surface area contributed by atoms with Crippen LogP contribution in [0.3, 0.4) is 0 Å². The molecule has 3 saturated carbocycles. The number of carbonyl (C=O) groups excluding carboxylic acids is 2. The molecule has 0 aromatic heterocycles. The minimum atomic E-state index is -1.50. The maximum atomic E-state index is 12.6. The summed E-state index contributed by atoms with van der Waals surface area (Å²) in [7, 11) is 0. The van der Waals surface area contributed by atoms with E-state index >= 15 is 0 Å². The molecule has 1 saturated heterocycles. The molecule has 0 amide bonds. The second-order valence-electron chi connectivity index (χ2n) is 9.86. The van der Waals surface area contributed by atoms with E-state index in [1.165, 1.54) is 0 Å². The van der Waals surface area contributed by atoms with E-state index in [0.717, 1.165) is 24.8 Å². The van der Waals surface area contributed by atoms with Crippen LogP contribution in [-0.4, -0.2) is 45.7 Å². The summed E-state index contributed by atoms with van der Waals surface area (Å²) in [5, 5.41) is 21.0. The first-order chi connectivity index (χ1) is 12.6. The molecule has 4 fully saturated rings. The van der Waals surface area contributed by atoms with E-state index in [1.54, 1.807) is 12.2 Å². The van der Waals surface area contributed by atoms with Gasteiger partial charge in [-0.05, 0) is 62.5 Å². The van der Waals surface area contributed by atoms with Crippen LogP contribution in [-0.2, 0) is 14.3 Å². The third-order valence-corrected chi connectivity index (χ3v) is 9.08. The number of ether oxygens (including phenoxy) is 1. The Labute approximate surface area is 159 Å². The SMILES string of the molecule is C[C@H]1C[C@@H]2[C@H]3CCC4=CC(=O)C=C[C@]4(C)[C@@]34O[C@H]4C[C@]2(C)[C@@]1(O)C(=O)CO. The van der Waals surface area contributed by atoms with Crippen molar-refractivity contribution in [3.8, 4) is 0 Å². The van der Waals surface area contributed by atoms with Crippen LogP contribution >= 0.6 is 0 Å². The highest BCUT2D eigenvalue weighted by Gasteiger charge is 2.81. The van der Waals surface area contributed by atoms with E-state index < -0.39 is 23.4 Å². The summed E-state index contributed by atoms with van der Waals surface area (Å²) in [5.74, 6) is -0.193. The van der Waals surface area contributed by atoms with E-state index in [4.69, 9.17) is 4.74 Å². The number of allylic oxidation sites excluding steroid dienone is 2. The number of hydrogen-bond donors (Lipinski definition) is 2. The molecule has 5 nitrogen and oxygen atoms in total. The van der Waals surface area contributed by atoms with E-state index in [9.17, 15) is 19.8 Å². The zero-order valence-corrected chi connectivity index (χ0v) is 16.2. The average molecular weight is 372 g/mol. The number of aliphatic hydroxyl groups excluding tert-OH is 1. The minimum Gasteiger partial charge on any atom is -0.388 e. The first kappa shape index (κ1) is 17.8. The van der Waals surface area contributed by atoms with E-state index in [-0.39, 0.29) is 40.7 Å². The maximum Gasteiger partial charge on any atom is 0.190 e. The van der Waals surface area contributed by atoms with Crippen molar-refractivity contribution in [1.29, 1.82) is 0 Å². The van der Waals surface area contributed by atoms with Crippen LogP contribution in [0, 0.1) is 28.6 Å². The molecule has 0 unspecified atom stereocenters. The van der Waals surface area contributed by atoms with Crippen molar-refractivity contribution in [2.24, 2.45) is 28.6 Å². The van der Waals surface area contributed by atoms with Crippen molar-refractivity contribution < 1.29 is 24.5 Å². The Hall–Kier alpha value is -1.30. The van der Waals surface area contributed by atoms with Crippen LogP contribution in [0.15, 0.2) is 23.8 Å². The van der Waals surface area contributed by atoms with Gasteiger partial charge in [0.1, 0.15) is 17.8 Å². The lowest BCUT2D eigenvalue weighted by molar-refractivity contribution is -0.165. The number of epoxide rings is 1. The molecule has 5 aliphatic rings. The molecule has 1 heterocycles. The smallest absolute Gasteiger partial charge is 0.190 e. The van der Waals surface area contributed by atoms with Crippen molar-refractivity contribution in [2.75, 3.05) is 6.61 Å². The first-order valence-corrected chi connectivity index (χ1v) is 10.1. The lowest BCUT2D eigenvalue weighted by Gasteiger charge is -2.55. The van der Waals surface area contributed by atoms with Gasteiger partial charge in [0.25, 0.3) is 0 Å². The fourth-order valence-corrected chi connectivity index (χ4v) is 7.70. The molecule has 0 radical (unpaired) electrons. The summed E-state index contributed by atoms with van der Waals surface area (Å²) < 4.78 is 6.43. The topological polar surface area (TPSA) is 87.1 Å². The first-order valence-electron chi connectivity index (χ1n) is 10.1. The second kappa shape index (κ2) is 5.00. The summed E-state index contributed by atoms with van der Waals surface area (Å²) in [6, 6.07) is 0. The number of aliphatic hydroxyl groups is 2. The van der Waals surface area contributed by atoms with Crippen LogP contribution in [0.1, 0.15) is 46.5 Å². The summed E-state index contributed by atoms with van der Waals surface area (Å²) in [4.78, 5) is 24.5. The number of rotatable bonds is 2. The second-order valence-corrected chi connectivity index (χ2v) is 9.86. The third-order valence-electron chi connectivity index (χ3n) is 9.08. The van der Waals surface area contributed by atoms with Gasteiger partial charge in [0.2, 0.25) is 0 Å². The Morgan fingerprint density at radius 2 is 2.07 bits per heavy atom. The molecule has 0 aromatic carbocycles. The van der Waals surface area contributed by atoms with E-state index in [1.807, 2.05) is 19.9 Å². The highest BCUT2D eigenvalue weighted by molar-refractivity contribution is 6.01. The van der Waals surface area contributed by atoms with Gasteiger partial charge in [-0.15, -0.1) is 0 Å². The normalized spacial score (nSPS) is 55.1. The van der Waals surface area contributed by atoms with Gasteiger partial charge in [0, 0.05) is 10.8 Å². The molecule has 0 bridgehead atoms. The molecular formula is C22H28O5. The number of Topliss-reactive ketones (excluding diaryl/α,β-unsaturated/α-hetero) is 1. The van der Waals surface area contributed by atoms with Gasteiger partial charge in [-0.3, -0.25) is 9.59 Å². The van der Waals surface area contributed by atoms with Gasteiger partial charge in [-0.25, -0.2) is 0 Å². The van der Waals surface area contributed by atoms with Gasteiger partial charge >= 0.3 is 0 Å². The number of carbonyl (C=O) groups is 2. The summed E-state index contributed by atoms with van der Waals surface area (Å²) in [6.45, 7) is 5.51. The zero-order chi connectivity index (χ0) is 19.4. The third kappa shape index (κ3) is 1.73. The Morgan fingerprint density at radius 3 is 2.78 bits per heavy atom.